The number of carbonyl (C=O) groups excluding carboxylic acids is 1. The molecule has 0 amide bonds. The van der Waals surface area contributed by atoms with Crippen molar-refractivity contribution >= 4 is 21.6 Å². The second kappa shape index (κ2) is 8.56. The standard InChI is InChI=1S/C9H16O14P2/c10-1-4(12)3-20-25(18,19)23-7-6(5(13)2-11)21-9(14)8(7)22-24(15,16)17/h4-6,10-13H,1-3H2,(H,18,19)(H2,15,16,17)/t4?,5-,6+/m0/s1. The molecule has 1 rings (SSSR count). The molecule has 16 heteroatoms. The summed E-state index contributed by atoms with van der Waals surface area (Å²) in [4.78, 5) is 38.6. The quantitative estimate of drug-likeness (QED) is 0.141. The number of esters is 1. The molecule has 2 unspecified atom stereocenters. The Morgan fingerprint density at radius 2 is 1.68 bits per heavy atom. The van der Waals surface area contributed by atoms with Crippen LogP contribution in [0.5, 0.6) is 0 Å². The molecule has 25 heavy (non-hydrogen) atoms. The van der Waals surface area contributed by atoms with Crippen LogP contribution in [-0.2, 0) is 32.2 Å². The molecule has 4 atom stereocenters. The highest BCUT2D eigenvalue weighted by Gasteiger charge is 2.47. The number of hydrogen-bond donors (Lipinski definition) is 7. The topological polar surface area (TPSA) is 230 Å². The predicted octanol–water partition coefficient (Wildman–Crippen LogP) is -2.93. The van der Waals surface area contributed by atoms with E-state index in [-0.39, 0.29) is 0 Å². The van der Waals surface area contributed by atoms with Gasteiger partial charge in [0.25, 0.3) is 5.76 Å². The minimum absolute atomic E-state index is 0.817. The van der Waals surface area contributed by atoms with Crippen LogP contribution in [0.4, 0.5) is 0 Å². The van der Waals surface area contributed by atoms with Gasteiger partial charge in [-0.1, -0.05) is 0 Å². The number of phosphoric acid groups is 2. The largest absolute Gasteiger partial charge is 0.527 e. The number of rotatable bonds is 10. The van der Waals surface area contributed by atoms with Crippen molar-refractivity contribution in [2.24, 2.45) is 0 Å². The van der Waals surface area contributed by atoms with Gasteiger partial charge in [0.15, 0.2) is 6.10 Å². The van der Waals surface area contributed by atoms with Crippen molar-refractivity contribution in [1.82, 2.24) is 0 Å². The van der Waals surface area contributed by atoms with Gasteiger partial charge in [-0.3, -0.25) is 19.2 Å². The summed E-state index contributed by atoms with van der Waals surface area (Å²) in [7, 11) is -10.4. The van der Waals surface area contributed by atoms with Crippen molar-refractivity contribution in [2.75, 3.05) is 19.8 Å². The van der Waals surface area contributed by atoms with Crippen molar-refractivity contribution < 1.29 is 67.3 Å². The van der Waals surface area contributed by atoms with E-state index in [1.165, 1.54) is 0 Å². The Balaban J connectivity index is 3.12. The Hall–Kier alpha value is -1.05. The molecule has 0 aliphatic carbocycles. The summed E-state index contributed by atoms with van der Waals surface area (Å²) in [6.07, 6.45) is -5.37. The maximum Gasteiger partial charge on any atom is 0.527 e. The number of cyclic esters (lactones) is 1. The Morgan fingerprint density at radius 1 is 1.08 bits per heavy atom. The molecular formula is C9H16O14P2. The van der Waals surface area contributed by atoms with Crippen molar-refractivity contribution in [1.29, 1.82) is 0 Å². The lowest BCUT2D eigenvalue weighted by Gasteiger charge is -2.20. The monoisotopic (exact) mass is 410 g/mol. The summed E-state index contributed by atoms with van der Waals surface area (Å²) < 4.78 is 39.9. The summed E-state index contributed by atoms with van der Waals surface area (Å²) >= 11 is 0. The Morgan fingerprint density at radius 3 is 2.16 bits per heavy atom. The molecule has 1 aliphatic rings. The summed E-state index contributed by atoms with van der Waals surface area (Å²) in [5.41, 5.74) is 0. The minimum Gasteiger partial charge on any atom is -0.445 e. The first-order chi connectivity index (χ1) is 11.4. The van der Waals surface area contributed by atoms with Crippen LogP contribution in [0.1, 0.15) is 0 Å². The zero-order chi connectivity index (χ0) is 19.4. The van der Waals surface area contributed by atoms with E-state index in [1.54, 1.807) is 0 Å². The maximum atomic E-state index is 11.8. The average molecular weight is 410 g/mol. The molecule has 0 aromatic carbocycles. The summed E-state index contributed by atoms with van der Waals surface area (Å²) in [5.74, 6) is -3.98. The smallest absolute Gasteiger partial charge is 0.445 e. The summed E-state index contributed by atoms with van der Waals surface area (Å²) in [5, 5.41) is 36.1. The molecule has 0 saturated heterocycles. The number of carbonyl (C=O) groups is 1. The third-order valence-electron chi connectivity index (χ3n) is 2.50. The molecule has 1 heterocycles. The van der Waals surface area contributed by atoms with E-state index >= 15 is 0 Å². The van der Waals surface area contributed by atoms with Crippen LogP contribution in [-0.4, -0.2) is 79.2 Å². The van der Waals surface area contributed by atoms with Crippen molar-refractivity contribution in [2.45, 2.75) is 18.3 Å². The van der Waals surface area contributed by atoms with Gasteiger partial charge in [0, 0.05) is 0 Å². The van der Waals surface area contributed by atoms with E-state index in [1.807, 2.05) is 0 Å². The fourth-order valence-corrected chi connectivity index (χ4v) is 2.73. The van der Waals surface area contributed by atoms with Gasteiger partial charge in [-0.2, -0.15) is 0 Å². The fraction of sp³-hybridized carbons (Fsp3) is 0.667. The van der Waals surface area contributed by atoms with Gasteiger partial charge in [-0.25, -0.2) is 13.9 Å². The molecule has 0 radical (unpaired) electrons. The normalized spacial score (nSPS) is 23.0. The van der Waals surface area contributed by atoms with E-state index in [0.717, 1.165) is 0 Å². The lowest BCUT2D eigenvalue weighted by Crippen LogP contribution is -2.32. The van der Waals surface area contributed by atoms with E-state index in [2.05, 4.69) is 18.3 Å². The predicted molar refractivity (Wildman–Crippen MR) is 73.1 cm³/mol. The first kappa shape index (κ1) is 22.0. The molecule has 1 aliphatic heterocycles. The van der Waals surface area contributed by atoms with E-state index < -0.39 is 71.3 Å². The minimum atomic E-state index is -5.32. The molecule has 7 N–H and O–H groups in total. The number of hydrogen-bond acceptors (Lipinski definition) is 11. The van der Waals surface area contributed by atoms with E-state index in [4.69, 9.17) is 25.1 Å². The van der Waals surface area contributed by atoms with Gasteiger partial charge in [0.2, 0.25) is 5.76 Å². The first-order valence-corrected chi connectivity index (χ1v) is 9.38. The number of aliphatic hydroxyl groups is 4. The van der Waals surface area contributed by atoms with Crippen molar-refractivity contribution in [3.05, 3.63) is 11.5 Å². The zero-order valence-corrected chi connectivity index (χ0v) is 14.0. The van der Waals surface area contributed by atoms with Gasteiger partial charge >= 0.3 is 21.6 Å². The molecule has 0 fully saturated rings. The highest BCUT2D eigenvalue weighted by Crippen LogP contribution is 2.50. The lowest BCUT2D eigenvalue weighted by molar-refractivity contribution is -0.147. The number of aliphatic hydroxyl groups excluding tert-OH is 4. The first-order valence-electron chi connectivity index (χ1n) is 6.35. The van der Waals surface area contributed by atoms with Crippen LogP contribution in [0.15, 0.2) is 11.5 Å². The average Bonchev–Trinajstić information content (AvgIpc) is 2.79. The SMILES string of the molecule is O=C1O[C@H]([C@@H](O)CO)C(OP(=O)(O)OCC(O)CO)=C1OP(=O)(O)O. The van der Waals surface area contributed by atoms with Crippen molar-refractivity contribution in [3.8, 4) is 0 Å². The highest BCUT2D eigenvalue weighted by molar-refractivity contribution is 7.47. The molecular weight excluding hydrogens is 394 g/mol. The molecule has 0 spiro atoms. The van der Waals surface area contributed by atoms with Crippen LogP contribution in [0.2, 0.25) is 0 Å². The Kier molecular flexibility index (Phi) is 7.53. The molecule has 14 nitrogen and oxygen atoms in total. The number of ether oxygens (including phenoxy) is 1. The van der Waals surface area contributed by atoms with Crippen LogP contribution >= 0.6 is 15.6 Å². The third-order valence-corrected chi connectivity index (χ3v) is 3.83. The van der Waals surface area contributed by atoms with Gasteiger partial charge in [0.1, 0.15) is 12.2 Å². The molecule has 0 saturated carbocycles. The van der Waals surface area contributed by atoms with Crippen LogP contribution < -0.4 is 0 Å². The second-order valence-electron chi connectivity index (χ2n) is 4.54. The van der Waals surface area contributed by atoms with E-state index in [9.17, 15) is 23.9 Å². The number of phosphoric ester groups is 2. The maximum absolute atomic E-state index is 11.8. The fourth-order valence-electron chi connectivity index (χ4n) is 1.48. The zero-order valence-electron chi connectivity index (χ0n) is 12.2. The summed E-state index contributed by atoms with van der Waals surface area (Å²) in [6.45, 7) is -2.72. The molecule has 0 aromatic rings. The molecule has 0 bridgehead atoms. The van der Waals surface area contributed by atoms with Crippen LogP contribution in [0, 0.1) is 0 Å². The van der Waals surface area contributed by atoms with E-state index in [0.29, 0.717) is 0 Å². The van der Waals surface area contributed by atoms with Gasteiger partial charge in [-0.05, 0) is 0 Å². The second-order valence-corrected chi connectivity index (χ2v) is 7.08. The molecule has 0 aromatic heterocycles. The molecule has 146 valence electrons. The Labute approximate surface area is 139 Å². The van der Waals surface area contributed by atoms with Gasteiger partial charge < -0.3 is 34.2 Å². The van der Waals surface area contributed by atoms with Gasteiger partial charge in [0.05, 0.1) is 19.8 Å². The Bertz CT molecular complexity index is 609. The van der Waals surface area contributed by atoms with Gasteiger partial charge in [-0.15, -0.1) is 0 Å². The van der Waals surface area contributed by atoms with Crippen LogP contribution in [0.3, 0.4) is 0 Å². The van der Waals surface area contributed by atoms with Crippen LogP contribution in [0.25, 0.3) is 0 Å². The highest BCUT2D eigenvalue weighted by atomic mass is 31.2. The summed E-state index contributed by atoms with van der Waals surface area (Å²) in [6, 6.07) is 0. The lowest BCUT2D eigenvalue weighted by atomic mass is 10.2. The van der Waals surface area contributed by atoms with Crippen molar-refractivity contribution in [3.63, 3.8) is 0 Å². The third kappa shape index (κ3) is 6.64.